The molecule has 4 heterocycles. The molecule has 3 aromatic heterocycles. The SMILES string of the molecule is CN(C)c1ncnc2c1ncn2Cc1ccc2c(c1)Nc1nccnc1S2. The Kier molecular flexibility index (Phi) is 3.68. The fourth-order valence-electron chi connectivity index (χ4n) is 3.09. The summed E-state index contributed by atoms with van der Waals surface area (Å²) in [6, 6.07) is 6.37. The minimum atomic E-state index is 0.674. The monoisotopic (exact) mass is 376 g/mol. The summed E-state index contributed by atoms with van der Waals surface area (Å²) in [5.74, 6) is 1.61. The number of hydrogen-bond acceptors (Lipinski definition) is 8. The van der Waals surface area contributed by atoms with Crippen LogP contribution in [-0.4, -0.2) is 43.6 Å². The zero-order valence-electron chi connectivity index (χ0n) is 14.8. The Morgan fingerprint density at radius 2 is 1.96 bits per heavy atom. The quantitative estimate of drug-likeness (QED) is 0.514. The Labute approximate surface area is 159 Å². The number of benzene rings is 1. The lowest BCUT2D eigenvalue weighted by atomic mass is 10.2. The third kappa shape index (κ3) is 2.76. The van der Waals surface area contributed by atoms with Gasteiger partial charge in [0.05, 0.1) is 18.6 Å². The smallest absolute Gasteiger partial charge is 0.165 e. The first-order valence-electron chi connectivity index (χ1n) is 8.41. The zero-order valence-corrected chi connectivity index (χ0v) is 15.6. The van der Waals surface area contributed by atoms with E-state index in [2.05, 4.69) is 48.4 Å². The van der Waals surface area contributed by atoms with Crippen LogP contribution in [0.3, 0.4) is 0 Å². The normalized spacial score (nSPS) is 12.4. The van der Waals surface area contributed by atoms with Gasteiger partial charge in [-0.25, -0.2) is 24.9 Å². The lowest BCUT2D eigenvalue weighted by molar-refractivity contribution is 0.812. The van der Waals surface area contributed by atoms with Gasteiger partial charge in [-0.3, -0.25) is 0 Å². The van der Waals surface area contributed by atoms with Crippen LogP contribution in [0.25, 0.3) is 11.2 Å². The molecule has 1 aromatic carbocycles. The predicted octanol–water partition coefficient (Wildman–Crippen LogP) is 2.94. The average Bonchev–Trinajstić information content (AvgIpc) is 3.09. The summed E-state index contributed by atoms with van der Waals surface area (Å²) >= 11 is 1.63. The first-order chi connectivity index (χ1) is 13.2. The Balaban J connectivity index is 1.48. The van der Waals surface area contributed by atoms with Gasteiger partial charge in [-0.2, -0.15) is 0 Å². The van der Waals surface area contributed by atoms with Crippen LogP contribution in [0.15, 0.2) is 53.2 Å². The Hall–Kier alpha value is -3.20. The molecule has 1 aliphatic rings. The molecule has 0 saturated carbocycles. The van der Waals surface area contributed by atoms with Gasteiger partial charge in [0.2, 0.25) is 0 Å². The van der Waals surface area contributed by atoms with Crippen LogP contribution >= 0.6 is 11.8 Å². The summed E-state index contributed by atoms with van der Waals surface area (Å²) in [5.41, 5.74) is 3.82. The molecule has 0 radical (unpaired) electrons. The Bertz CT molecular complexity index is 1150. The molecule has 0 saturated heterocycles. The van der Waals surface area contributed by atoms with Gasteiger partial charge in [0.25, 0.3) is 0 Å². The van der Waals surface area contributed by atoms with Gasteiger partial charge < -0.3 is 14.8 Å². The van der Waals surface area contributed by atoms with Crippen LogP contribution in [-0.2, 0) is 6.54 Å². The van der Waals surface area contributed by atoms with E-state index in [-0.39, 0.29) is 0 Å². The van der Waals surface area contributed by atoms with Crippen molar-refractivity contribution in [2.45, 2.75) is 16.5 Å². The van der Waals surface area contributed by atoms with Crippen LogP contribution in [0.1, 0.15) is 5.56 Å². The molecular formula is C18H16N8S. The lowest BCUT2D eigenvalue weighted by Gasteiger charge is -2.19. The van der Waals surface area contributed by atoms with Crippen molar-refractivity contribution in [3.8, 4) is 0 Å². The van der Waals surface area contributed by atoms with E-state index >= 15 is 0 Å². The lowest BCUT2D eigenvalue weighted by Crippen LogP contribution is -2.11. The molecule has 5 rings (SSSR count). The van der Waals surface area contributed by atoms with Gasteiger partial charge in [-0.15, -0.1) is 0 Å². The first-order valence-corrected chi connectivity index (χ1v) is 9.22. The van der Waals surface area contributed by atoms with Crippen molar-refractivity contribution in [1.29, 1.82) is 0 Å². The first kappa shape index (κ1) is 16.0. The maximum atomic E-state index is 4.51. The molecule has 0 spiro atoms. The van der Waals surface area contributed by atoms with Crippen LogP contribution in [0, 0.1) is 0 Å². The van der Waals surface area contributed by atoms with Crippen molar-refractivity contribution >= 4 is 40.2 Å². The molecular weight excluding hydrogens is 360 g/mol. The van der Waals surface area contributed by atoms with Crippen LogP contribution < -0.4 is 10.2 Å². The summed E-state index contributed by atoms with van der Waals surface area (Å²) in [7, 11) is 3.91. The molecule has 27 heavy (non-hydrogen) atoms. The van der Waals surface area contributed by atoms with E-state index in [4.69, 9.17) is 0 Å². The van der Waals surface area contributed by atoms with Crippen molar-refractivity contribution in [3.05, 3.63) is 48.8 Å². The number of nitrogens with zero attached hydrogens (tertiary/aromatic N) is 7. The summed E-state index contributed by atoms with van der Waals surface area (Å²) in [6.45, 7) is 0.674. The Morgan fingerprint density at radius 3 is 2.85 bits per heavy atom. The molecule has 8 nitrogen and oxygen atoms in total. The minimum Gasteiger partial charge on any atom is -0.361 e. The topological polar surface area (TPSA) is 84.7 Å². The molecule has 0 aliphatic carbocycles. The second-order valence-corrected chi connectivity index (χ2v) is 7.43. The van der Waals surface area contributed by atoms with Crippen molar-refractivity contribution in [1.82, 2.24) is 29.5 Å². The fourth-order valence-corrected chi connectivity index (χ4v) is 3.97. The molecule has 4 aromatic rings. The van der Waals surface area contributed by atoms with Crippen molar-refractivity contribution in [3.63, 3.8) is 0 Å². The van der Waals surface area contributed by atoms with E-state index in [0.717, 1.165) is 44.0 Å². The molecule has 0 unspecified atom stereocenters. The highest BCUT2D eigenvalue weighted by molar-refractivity contribution is 7.99. The van der Waals surface area contributed by atoms with Crippen LogP contribution in [0.2, 0.25) is 0 Å². The predicted molar refractivity (Wildman–Crippen MR) is 105 cm³/mol. The highest BCUT2D eigenvalue weighted by Gasteiger charge is 2.18. The summed E-state index contributed by atoms with van der Waals surface area (Å²) in [4.78, 5) is 25.1. The van der Waals surface area contributed by atoms with E-state index < -0.39 is 0 Å². The van der Waals surface area contributed by atoms with Gasteiger partial charge in [0.15, 0.2) is 22.8 Å². The van der Waals surface area contributed by atoms with Crippen molar-refractivity contribution in [2.24, 2.45) is 0 Å². The maximum Gasteiger partial charge on any atom is 0.165 e. The molecule has 1 aliphatic heterocycles. The Morgan fingerprint density at radius 1 is 1.07 bits per heavy atom. The zero-order chi connectivity index (χ0) is 18.4. The van der Waals surface area contributed by atoms with E-state index in [9.17, 15) is 0 Å². The molecule has 0 atom stereocenters. The second kappa shape index (κ2) is 6.20. The van der Waals surface area contributed by atoms with Gasteiger partial charge in [0, 0.05) is 31.4 Å². The van der Waals surface area contributed by atoms with Crippen molar-refractivity contribution < 1.29 is 0 Å². The molecule has 0 fully saturated rings. The van der Waals surface area contributed by atoms with E-state index in [1.165, 1.54) is 0 Å². The van der Waals surface area contributed by atoms with E-state index in [0.29, 0.717) is 6.54 Å². The number of rotatable bonds is 3. The number of imidazole rings is 1. The number of hydrogen-bond donors (Lipinski definition) is 1. The number of nitrogens with one attached hydrogen (secondary N) is 1. The number of fused-ring (bicyclic) bond motifs is 3. The second-order valence-electron chi connectivity index (χ2n) is 6.40. The van der Waals surface area contributed by atoms with E-state index in [1.807, 2.05) is 29.9 Å². The summed E-state index contributed by atoms with van der Waals surface area (Å²) in [6.07, 6.45) is 6.80. The maximum absolute atomic E-state index is 4.51. The third-order valence-electron chi connectivity index (χ3n) is 4.33. The van der Waals surface area contributed by atoms with Gasteiger partial charge >= 0.3 is 0 Å². The highest BCUT2D eigenvalue weighted by atomic mass is 32.2. The summed E-state index contributed by atoms with van der Waals surface area (Å²) in [5, 5.41) is 4.26. The molecule has 9 heteroatoms. The van der Waals surface area contributed by atoms with Crippen molar-refractivity contribution in [2.75, 3.05) is 24.3 Å². The average molecular weight is 376 g/mol. The number of aromatic nitrogens is 6. The largest absolute Gasteiger partial charge is 0.361 e. The third-order valence-corrected chi connectivity index (χ3v) is 5.39. The van der Waals surface area contributed by atoms with Gasteiger partial charge in [-0.1, -0.05) is 17.8 Å². The van der Waals surface area contributed by atoms with Gasteiger partial charge in [-0.05, 0) is 17.7 Å². The molecule has 134 valence electrons. The minimum absolute atomic E-state index is 0.674. The molecule has 0 amide bonds. The molecule has 1 N–H and O–H groups in total. The van der Waals surface area contributed by atoms with Crippen LogP contribution in [0.5, 0.6) is 0 Å². The highest BCUT2D eigenvalue weighted by Crippen LogP contribution is 2.42. The number of anilines is 3. The summed E-state index contributed by atoms with van der Waals surface area (Å²) < 4.78 is 2.04. The standard InChI is InChI=1S/C18H16N8S/c1-25(2)16-14-17(22-9-21-16)26(10-23-14)8-11-3-4-13-12(7-11)24-15-18(27-13)20-6-5-19-15/h3-7,9-10H,8H2,1-2H3,(H,19,24). The van der Waals surface area contributed by atoms with E-state index in [1.54, 1.807) is 30.5 Å². The van der Waals surface area contributed by atoms with Crippen LogP contribution in [0.4, 0.5) is 17.3 Å². The van der Waals surface area contributed by atoms with Gasteiger partial charge in [0.1, 0.15) is 11.4 Å². The fraction of sp³-hybridized carbons (Fsp3) is 0.167. The molecule has 0 bridgehead atoms.